The molecule has 4 nitrogen and oxygen atoms in total. The van der Waals surface area contributed by atoms with Crippen molar-refractivity contribution < 1.29 is 9.53 Å². The number of amides is 2. The maximum Gasteiger partial charge on any atom is 0.318 e. The van der Waals surface area contributed by atoms with Crippen molar-refractivity contribution in [3.8, 4) is 0 Å². The van der Waals surface area contributed by atoms with Gasteiger partial charge in [0.05, 0.1) is 19.3 Å². The van der Waals surface area contributed by atoms with Crippen LogP contribution in [0.15, 0.2) is 0 Å². The minimum atomic E-state index is 0.0372. The molecule has 1 atom stereocenters. The van der Waals surface area contributed by atoms with Crippen molar-refractivity contribution in [3.05, 3.63) is 0 Å². The van der Waals surface area contributed by atoms with E-state index in [9.17, 15) is 4.79 Å². The summed E-state index contributed by atoms with van der Waals surface area (Å²) in [4.78, 5) is 13.6. The van der Waals surface area contributed by atoms with E-state index in [-0.39, 0.29) is 18.1 Å². The number of urea groups is 1. The van der Waals surface area contributed by atoms with E-state index in [1.54, 1.807) is 0 Å². The van der Waals surface area contributed by atoms with Crippen LogP contribution in [0.1, 0.15) is 27.2 Å². The van der Waals surface area contributed by atoms with E-state index in [4.69, 9.17) is 4.74 Å². The molecular formula is C10H20N2O2. The smallest absolute Gasteiger partial charge is 0.318 e. The molecule has 82 valence electrons. The van der Waals surface area contributed by atoms with Crippen molar-refractivity contribution >= 4 is 6.03 Å². The summed E-state index contributed by atoms with van der Waals surface area (Å²) < 4.78 is 5.34. The number of carbonyl (C=O) groups is 1. The van der Waals surface area contributed by atoms with Gasteiger partial charge in [0.2, 0.25) is 0 Å². The summed E-state index contributed by atoms with van der Waals surface area (Å²) in [5, 5.41) is 2.91. The first kappa shape index (κ1) is 11.3. The van der Waals surface area contributed by atoms with Crippen LogP contribution in [0.5, 0.6) is 0 Å². The standard InChI is InChI=1S/C10H20N2O2/c1-4-9-7-14-6-5-12(9)10(13)11-8(2)3/h8-9H,4-7H2,1-3H3,(H,11,13). The zero-order valence-electron chi connectivity index (χ0n) is 9.25. The molecule has 1 fully saturated rings. The number of ether oxygens (including phenoxy) is 1. The van der Waals surface area contributed by atoms with Gasteiger partial charge in [-0.15, -0.1) is 0 Å². The van der Waals surface area contributed by atoms with E-state index in [0.717, 1.165) is 6.42 Å². The van der Waals surface area contributed by atoms with Crippen molar-refractivity contribution in [2.24, 2.45) is 0 Å². The van der Waals surface area contributed by atoms with Crippen LogP contribution in [0.3, 0.4) is 0 Å². The summed E-state index contributed by atoms with van der Waals surface area (Å²) in [6.07, 6.45) is 0.950. The van der Waals surface area contributed by atoms with E-state index < -0.39 is 0 Å². The summed E-state index contributed by atoms with van der Waals surface area (Å²) in [5.41, 5.74) is 0. The number of carbonyl (C=O) groups excluding carboxylic acids is 1. The molecule has 0 aromatic heterocycles. The molecule has 2 amide bonds. The van der Waals surface area contributed by atoms with Crippen LogP contribution in [0.4, 0.5) is 4.79 Å². The second-order valence-corrected chi connectivity index (χ2v) is 3.93. The Morgan fingerprint density at radius 3 is 2.93 bits per heavy atom. The average molecular weight is 200 g/mol. The maximum absolute atomic E-state index is 11.7. The number of hydrogen-bond acceptors (Lipinski definition) is 2. The molecule has 0 spiro atoms. The van der Waals surface area contributed by atoms with E-state index in [1.807, 2.05) is 18.7 Å². The fourth-order valence-electron chi connectivity index (χ4n) is 1.59. The van der Waals surface area contributed by atoms with Crippen LogP contribution in [-0.4, -0.2) is 42.8 Å². The predicted octanol–water partition coefficient (Wildman–Crippen LogP) is 1.22. The van der Waals surface area contributed by atoms with Crippen LogP contribution in [-0.2, 0) is 4.74 Å². The molecule has 1 saturated heterocycles. The first-order valence-electron chi connectivity index (χ1n) is 5.30. The van der Waals surface area contributed by atoms with Gasteiger partial charge in [0.15, 0.2) is 0 Å². The quantitative estimate of drug-likeness (QED) is 0.728. The molecule has 1 aliphatic rings. The second-order valence-electron chi connectivity index (χ2n) is 3.93. The molecule has 0 saturated carbocycles. The summed E-state index contributed by atoms with van der Waals surface area (Å²) in [6, 6.07) is 0.473. The third kappa shape index (κ3) is 2.87. The summed E-state index contributed by atoms with van der Waals surface area (Å²) >= 11 is 0. The molecule has 0 aromatic carbocycles. The molecule has 4 heteroatoms. The molecule has 1 heterocycles. The van der Waals surface area contributed by atoms with Crippen LogP contribution in [0.25, 0.3) is 0 Å². The van der Waals surface area contributed by atoms with E-state index in [2.05, 4.69) is 12.2 Å². The highest BCUT2D eigenvalue weighted by Crippen LogP contribution is 2.10. The third-order valence-electron chi connectivity index (χ3n) is 2.37. The Morgan fingerprint density at radius 1 is 1.64 bits per heavy atom. The van der Waals surface area contributed by atoms with E-state index in [0.29, 0.717) is 19.8 Å². The first-order valence-corrected chi connectivity index (χ1v) is 5.30. The van der Waals surface area contributed by atoms with Gasteiger partial charge >= 0.3 is 6.03 Å². The lowest BCUT2D eigenvalue weighted by Gasteiger charge is -2.35. The van der Waals surface area contributed by atoms with Gasteiger partial charge in [-0.2, -0.15) is 0 Å². The van der Waals surface area contributed by atoms with Crippen molar-refractivity contribution in [2.45, 2.75) is 39.3 Å². The van der Waals surface area contributed by atoms with E-state index in [1.165, 1.54) is 0 Å². The maximum atomic E-state index is 11.7. The predicted molar refractivity (Wildman–Crippen MR) is 55.3 cm³/mol. The minimum absolute atomic E-state index is 0.0372. The van der Waals surface area contributed by atoms with Gasteiger partial charge < -0.3 is 15.0 Å². The summed E-state index contributed by atoms with van der Waals surface area (Å²) in [5.74, 6) is 0. The Labute approximate surface area is 85.6 Å². The lowest BCUT2D eigenvalue weighted by Crippen LogP contribution is -2.53. The van der Waals surface area contributed by atoms with Gasteiger partial charge in [-0.25, -0.2) is 4.79 Å². The van der Waals surface area contributed by atoms with Crippen LogP contribution < -0.4 is 5.32 Å². The van der Waals surface area contributed by atoms with Gasteiger partial charge in [0, 0.05) is 12.6 Å². The van der Waals surface area contributed by atoms with Gasteiger partial charge in [-0.05, 0) is 20.3 Å². The first-order chi connectivity index (χ1) is 6.65. The second kappa shape index (κ2) is 5.20. The number of rotatable bonds is 2. The molecule has 1 unspecified atom stereocenters. The third-order valence-corrected chi connectivity index (χ3v) is 2.37. The molecule has 0 radical (unpaired) electrons. The van der Waals surface area contributed by atoms with Crippen molar-refractivity contribution in [2.75, 3.05) is 19.8 Å². The average Bonchev–Trinajstić information content (AvgIpc) is 2.16. The van der Waals surface area contributed by atoms with Crippen molar-refractivity contribution in [3.63, 3.8) is 0 Å². The largest absolute Gasteiger partial charge is 0.377 e. The molecular weight excluding hydrogens is 180 g/mol. The Kier molecular flexibility index (Phi) is 4.20. The highest BCUT2D eigenvalue weighted by molar-refractivity contribution is 5.74. The molecule has 0 aromatic rings. The lowest BCUT2D eigenvalue weighted by molar-refractivity contribution is 0.0109. The Balaban J connectivity index is 2.50. The Hall–Kier alpha value is -0.770. The monoisotopic (exact) mass is 200 g/mol. The van der Waals surface area contributed by atoms with Gasteiger partial charge in [0.25, 0.3) is 0 Å². The van der Waals surface area contributed by atoms with Gasteiger partial charge in [-0.3, -0.25) is 0 Å². The SMILES string of the molecule is CCC1COCCN1C(=O)NC(C)C. The topological polar surface area (TPSA) is 41.6 Å². The number of hydrogen-bond donors (Lipinski definition) is 1. The van der Waals surface area contributed by atoms with Crippen LogP contribution in [0.2, 0.25) is 0 Å². The molecule has 1 aliphatic heterocycles. The highest BCUT2D eigenvalue weighted by atomic mass is 16.5. The number of nitrogens with zero attached hydrogens (tertiary/aromatic N) is 1. The summed E-state index contributed by atoms with van der Waals surface area (Å²) in [6.45, 7) is 8.05. The zero-order valence-corrected chi connectivity index (χ0v) is 9.25. The summed E-state index contributed by atoms with van der Waals surface area (Å²) in [7, 11) is 0. The van der Waals surface area contributed by atoms with Gasteiger partial charge in [-0.1, -0.05) is 6.92 Å². The normalized spacial score (nSPS) is 22.6. The van der Waals surface area contributed by atoms with Crippen molar-refractivity contribution in [1.29, 1.82) is 0 Å². The minimum Gasteiger partial charge on any atom is -0.377 e. The molecule has 0 bridgehead atoms. The van der Waals surface area contributed by atoms with E-state index >= 15 is 0 Å². The molecule has 1 N–H and O–H groups in total. The number of morpholine rings is 1. The lowest BCUT2D eigenvalue weighted by atomic mass is 10.2. The molecule has 0 aliphatic carbocycles. The van der Waals surface area contributed by atoms with Gasteiger partial charge in [0.1, 0.15) is 0 Å². The fraction of sp³-hybridized carbons (Fsp3) is 0.900. The van der Waals surface area contributed by atoms with Crippen LogP contribution in [0, 0.1) is 0 Å². The van der Waals surface area contributed by atoms with Crippen molar-refractivity contribution in [1.82, 2.24) is 10.2 Å². The molecule has 14 heavy (non-hydrogen) atoms. The molecule has 1 rings (SSSR count). The highest BCUT2D eigenvalue weighted by Gasteiger charge is 2.25. The van der Waals surface area contributed by atoms with Crippen LogP contribution >= 0.6 is 0 Å². The Morgan fingerprint density at radius 2 is 2.36 bits per heavy atom. The fourth-order valence-corrected chi connectivity index (χ4v) is 1.59. The number of nitrogens with one attached hydrogen (secondary N) is 1. The Bertz CT molecular complexity index is 195. The zero-order chi connectivity index (χ0) is 10.6.